The van der Waals surface area contributed by atoms with E-state index in [1.165, 1.54) is 23.1 Å². The van der Waals surface area contributed by atoms with Crippen LogP contribution in [0, 0.1) is 5.82 Å². The second-order valence-electron chi connectivity index (χ2n) is 4.12. The molecule has 0 aliphatic rings. The molecule has 4 heteroatoms. The molecule has 0 fully saturated rings. The quantitative estimate of drug-likeness (QED) is 0.860. The van der Waals surface area contributed by atoms with Crippen LogP contribution in [-0.4, -0.2) is 12.5 Å². The third-order valence-corrected chi connectivity index (χ3v) is 2.86. The number of nitrogen functional groups attached to an aromatic ring is 1. The van der Waals surface area contributed by atoms with Gasteiger partial charge in [0.1, 0.15) is 5.82 Å². The smallest absolute Gasteiger partial charge is 0.258 e. The van der Waals surface area contributed by atoms with Crippen molar-refractivity contribution in [3.05, 3.63) is 59.9 Å². The van der Waals surface area contributed by atoms with Crippen molar-refractivity contribution in [3.8, 4) is 0 Å². The van der Waals surface area contributed by atoms with Crippen LogP contribution in [0.2, 0.25) is 0 Å². The van der Waals surface area contributed by atoms with E-state index in [1.54, 1.807) is 24.3 Å². The largest absolute Gasteiger partial charge is 0.397 e. The van der Waals surface area contributed by atoms with Gasteiger partial charge in [0.2, 0.25) is 0 Å². The first-order valence-electron chi connectivity index (χ1n) is 6.05. The van der Waals surface area contributed by atoms with Gasteiger partial charge in [-0.15, -0.1) is 0 Å². The molecule has 0 aromatic heterocycles. The van der Waals surface area contributed by atoms with Crippen LogP contribution in [0.5, 0.6) is 0 Å². The van der Waals surface area contributed by atoms with Crippen LogP contribution in [0.4, 0.5) is 15.8 Å². The molecule has 0 atom stereocenters. The van der Waals surface area contributed by atoms with Gasteiger partial charge in [0.15, 0.2) is 0 Å². The minimum atomic E-state index is -0.428. The van der Waals surface area contributed by atoms with Crippen LogP contribution < -0.4 is 10.6 Å². The zero-order chi connectivity index (χ0) is 13.8. The Kier molecular flexibility index (Phi) is 3.80. The van der Waals surface area contributed by atoms with E-state index in [2.05, 4.69) is 0 Å². The van der Waals surface area contributed by atoms with Crippen LogP contribution in [0.15, 0.2) is 48.5 Å². The first-order chi connectivity index (χ1) is 9.13. The van der Waals surface area contributed by atoms with E-state index in [4.69, 9.17) is 5.73 Å². The molecule has 0 spiro atoms. The Morgan fingerprint density at radius 1 is 1.21 bits per heavy atom. The second kappa shape index (κ2) is 5.52. The average Bonchev–Trinajstić information content (AvgIpc) is 2.41. The molecule has 2 rings (SSSR count). The van der Waals surface area contributed by atoms with Gasteiger partial charge in [0.25, 0.3) is 5.91 Å². The monoisotopic (exact) mass is 258 g/mol. The topological polar surface area (TPSA) is 46.3 Å². The van der Waals surface area contributed by atoms with Crippen molar-refractivity contribution >= 4 is 17.3 Å². The summed E-state index contributed by atoms with van der Waals surface area (Å²) in [7, 11) is 0. The lowest BCUT2D eigenvalue weighted by atomic mass is 10.1. The fourth-order valence-corrected chi connectivity index (χ4v) is 1.93. The first kappa shape index (κ1) is 13.1. The fourth-order valence-electron chi connectivity index (χ4n) is 1.93. The number of nitrogens with two attached hydrogens (primary N) is 1. The standard InChI is InChI=1S/C15H15FN2O/c1-2-18(14-9-4-3-8-13(14)17)15(19)11-6-5-7-12(16)10-11/h3-10H,2,17H2,1H3. The summed E-state index contributed by atoms with van der Waals surface area (Å²) in [5.41, 5.74) is 7.35. The van der Waals surface area contributed by atoms with Crippen molar-refractivity contribution in [2.75, 3.05) is 17.2 Å². The number of hydrogen-bond donors (Lipinski definition) is 1. The van der Waals surface area contributed by atoms with Crippen molar-refractivity contribution in [1.82, 2.24) is 0 Å². The van der Waals surface area contributed by atoms with Crippen LogP contribution >= 0.6 is 0 Å². The summed E-state index contributed by atoms with van der Waals surface area (Å²) in [4.78, 5) is 13.9. The van der Waals surface area contributed by atoms with Crippen molar-refractivity contribution in [1.29, 1.82) is 0 Å². The summed E-state index contributed by atoms with van der Waals surface area (Å²) < 4.78 is 13.2. The van der Waals surface area contributed by atoms with Crippen LogP contribution in [0.1, 0.15) is 17.3 Å². The number of benzene rings is 2. The molecule has 0 aliphatic carbocycles. The third kappa shape index (κ3) is 2.73. The Labute approximate surface area is 111 Å². The highest BCUT2D eigenvalue weighted by atomic mass is 19.1. The van der Waals surface area contributed by atoms with Crippen LogP contribution in [0.3, 0.4) is 0 Å². The van der Waals surface area contributed by atoms with Gasteiger partial charge < -0.3 is 10.6 Å². The van der Waals surface area contributed by atoms with E-state index in [-0.39, 0.29) is 5.91 Å². The lowest BCUT2D eigenvalue weighted by Gasteiger charge is -2.22. The van der Waals surface area contributed by atoms with E-state index < -0.39 is 5.82 Å². The molecule has 0 unspecified atom stereocenters. The zero-order valence-electron chi connectivity index (χ0n) is 10.6. The SMILES string of the molecule is CCN(C(=O)c1cccc(F)c1)c1ccccc1N. The van der Waals surface area contributed by atoms with Crippen molar-refractivity contribution in [3.63, 3.8) is 0 Å². The Morgan fingerprint density at radius 2 is 1.95 bits per heavy atom. The molecule has 2 aromatic carbocycles. The molecule has 98 valence electrons. The van der Waals surface area contributed by atoms with Crippen molar-refractivity contribution < 1.29 is 9.18 Å². The maximum atomic E-state index is 13.2. The molecule has 19 heavy (non-hydrogen) atoms. The fraction of sp³-hybridized carbons (Fsp3) is 0.133. The summed E-state index contributed by atoms with van der Waals surface area (Å²) in [6.07, 6.45) is 0. The summed E-state index contributed by atoms with van der Waals surface area (Å²) in [5, 5.41) is 0. The highest BCUT2D eigenvalue weighted by Crippen LogP contribution is 2.24. The summed E-state index contributed by atoms with van der Waals surface area (Å²) in [6, 6.07) is 12.8. The van der Waals surface area contributed by atoms with Gasteiger partial charge in [0, 0.05) is 12.1 Å². The number of carbonyl (C=O) groups excluding carboxylic acids is 1. The number of anilines is 2. The predicted octanol–water partition coefficient (Wildman–Crippen LogP) is 3.07. The van der Waals surface area contributed by atoms with Gasteiger partial charge in [-0.2, -0.15) is 0 Å². The number of carbonyl (C=O) groups is 1. The Bertz CT molecular complexity index is 598. The normalized spacial score (nSPS) is 10.2. The highest BCUT2D eigenvalue weighted by Gasteiger charge is 2.18. The molecule has 2 aromatic rings. The van der Waals surface area contributed by atoms with E-state index >= 15 is 0 Å². The van der Waals surface area contributed by atoms with E-state index in [9.17, 15) is 9.18 Å². The van der Waals surface area contributed by atoms with Crippen LogP contribution in [-0.2, 0) is 0 Å². The van der Waals surface area contributed by atoms with E-state index in [0.717, 1.165) is 0 Å². The van der Waals surface area contributed by atoms with Gasteiger partial charge in [-0.25, -0.2) is 4.39 Å². The molecule has 0 heterocycles. The molecule has 0 bridgehead atoms. The number of nitrogens with zero attached hydrogens (tertiary/aromatic N) is 1. The lowest BCUT2D eigenvalue weighted by Crippen LogP contribution is -2.31. The lowest BCUT2D eigenvalue weighted by molar-refractivity contribution is 0.0988. The van der Waals surface area contributed by atoms with E-state index in [1.807, 2.05) is 13.0 Å². The van der Waals surface area contributed by atoms with Gasteiger partial charge >= 0.3 is 0 Å². The van der Waals surface area contributed by atoms with Crippen molar-refractivity contribution in [2.24, 2.45) is 0 Å². The van der Waals surface area contributed by atoms with Gasteiger partial charge in [-0.1, -0.05) is 18.2 Å². The van der Waals surface area contributed by atoms with Gasteiger partial charge in [0.05, 0.1) is 11.4 Å². The summed E-state index contributed by atoms with van der Waals surface area (Å²) >= 11 is 0. The van der Waals surface area contributed by atoms with E-state index in [0.29, 0.717) is 23.5 Å². The summed E-state index contributed by atoms with van der Waals surface area (Å²) in [6.45, 7) is 2.31. The predicted molar refractivity (Wildman–Crippen MR) is 74.6 cm³/mol. The number of amides is 1. The number of halogens is 1. The maximum absolute atomic E-state index is 13.2. The molecule has 0 radical (unpaired) electrons. The van der Waals surface area contributed by atoms with Gasteiger partial charge in [-0.05, 0) is 37.3 Å². The minimum absolute atomic E-state index is 0.264. The molecule has 2 N–H and O–H groups in total. The minimum Gasteiger partial charge on any atom is -0.397 e. The first-order valence-corrected chi connectivity index (χ1v) is 6.05. The Balaban J connectivity index is 2.38. The maximum Gasteiger partial charge on any atom is 0.258 e. The molecular weight excluding hydrogens is 243 g/mol. The number of hydrogen-bond acceptors (Lipinski definition) is 2. The van der Waals surface area contributed by atoms with Gasteiger partial charge in [-0.3, -0.25) is 4.79 Å². The summed E-state index contributed by atoms with van der Waals surface area (Å²) in [5.74, 6) is -0.692. The molecular formula is C15H15FN2O. The molecule has 0 saturated heterocycles. The molecule has 3 nitrogen and oxygen atoms in total. The highest BCUT2D eigenvalue weighted by molar-refractivity contribution is 6.07. The van der Waals surface area contributed by atoms with Crippen LogP contribution in [0.25, 0.3) is 0 Å². The number of rotatable bonds is 3. The third-order valence-electron chi connectivity index (χ3n) is 2.86. The Hall–Kier alpha value is -2.36. The second-order valence-corrected chi connectivity index (χ2v) is 4.12. The Morgan fingerprint density at radius 3 is 2.58 bits per heavy atom. The molecule has 1 amide bonds. The van der Waals surface area contributed by atoms with Crippen molar-refractivity contribution in [2.45, 2.75) is 6.92 Å². The molecule has 0 saturated carbocycles. The average molecular weight is 258 g/mol. The number of para-hydroxylation sites is 2. The zero-order valence-corrected chi connectivity index (χ0v) is 10.6. The molecule has 0 aliphatic heterocycles.